The molecule has 0 fully saturated rings. The fraction of sp³-hybridized carbons (Fsp3) is 0.500. The van der Waals surface area contributed by atoms with E-state index in [9.17, 15) is 0 Å². The van der Waals surface area contributed by atoms with E-state index in [4.69, 9.17) is 5.21 Å². The van der Waals surface area contributed by atoms with Crippen LogP contribution in [0.1, 0.15) is 7.43 Å². The van der Waals surface area contributed by atoms with E-state index >= 15 is 0 Å². The maximum Gasteiger partial charge on any atom is 0.0298 e. The van der Waals surface area contributed by atoms with Crippen LogP contribution in [-0.4, -0.2) is 11.9 Å². The number of nitrogens with zero attached hydrogens (tertiary/aromatic N) is 1. The molecule has 0 saturated heterocycles. The molecule has 0 aliphatic heterocycles. The molecule has 26 valence electrons. The molecule has 0 amide bonds. The Balaban J connectivity index is 0. The Bertz CT molecular complexity index is 13.5. The SMILES string of the molecule is C.C=NO. The summed E-state index contributed by atoms with van der Waals surface area (Å²) >= 11 is 0. The van der Waals surface area contributed by atoms with Gasteiger partial charge in [0.2, 0.25) is 0 Å². The molecular weight excluding hydrogens is 54.0 g/mol. The van der Waals surface area contributed by atoms with Gasteiger partial charge in [0.1, 0.15) is 0 Å². The lowest BCUT2D eigenvalue weighted by atomic mass is 11.8. The van der Waals surface area contributed by atoms with E-state index in [0.29, 0.717) is 0 Å². The Morgan fingerprint density at radius 3 is 1.75 bits per heavy atom. The second kappa shape index (κ2) is 24.2. The molecule has 0 aliphatic rings. The Labute approximate surface area is 25.8 Å². The first-order valence-corrected chi connectivity index (χ1v) is 0.516. The van der Waals surface area contributed by atoms with Crippen molar-refractivity contribution in [2.24, 2.45) is 5.16 Å². The third-order valence-electron chi connectivity index (χ3n) is 0. The summed E-state index contributed by atoms with van der Waals surface area (Å²) in [5, 5.41) is 9.33. The van der Waals surface area contributed by atoms with Crippen LogP contribution < -0.4 is 0 Å². The van der Waals surface area contributed by atoms with Gasteiger partial charge in [-0.15, -0.1) is 5.16 Å². The molecule has 0 heterocycles. The quantitative estimate of drug-likeness (QED) is 0.250. The summed E-state index contributed by atoms with van der Waals surface area (Å²) < 4.78 is 0. The van der Waals surface area contributed by atoms with Crippen molar-refractivity contribution in [3.8, 4) is 0 Å². The fourth-order valence-corrected chi connectivity index (χ4v) is 0. The van der Waals surface area contributed by atoms with Crippen molar-refractivity contribution in [1.29, 1.82) is 0 Å². The van der Waals surface area contributed by atoms with Crippen molar-refractivity contribution in [2.75, 3.05) is 0 Å². The van der Waals surface area contributed by atoms with Gasteiger partial charge in [-0.05, 0) is 0 Å². The summed E-state index contributed by atoms with van der Waals surface area (Å²) in [4.78, 5) is 0. The van der Waals surface area contributed by atoms with Crippen LogP contribution in [0, 0.1) is 0 Å². The Hall–Kier alpha value is -0.530. The van der Waals surface area contributed by atoms with Crippen LogP contribution in [0.3, 0.4) is 0 Å². The van der Waals surface area contributed by atoms with Gasteiger partial charge in [0.25, 0.3) is 0 Å². The average Bonchev–Trinajstić information content (AvgIpc) is 0.918. The molecular formula is C2H7NO. The van der Waals surface area contributed by atoms with E-state index in [1.54, 1.807) is 0 Å². The molecule has 0 saturated carbocycles. The molecule has 0 rings (SSSR count). The van der Waals surface area contributed by atoms with Gasteiger partial charge in [0.15, 0.2) is 0 Å². The minimum absolute atomic E-state index is 0. The summed E-state index contributed by atoms with van der Waals surface area (Å²) in [5.74, 6) is 0. The molecule has 0 bridgehead atoms. The standard InChI is InChI=1S/CH3NO.CH4/c1-2-3;/h3H,1H2;1H4. The zero-order valence-electron chi connectivity index (χ0n) is 1.60. The monoisotopic (exact) mass is 61.1 g/mol. The molecule has 2 nitrogen and oxygen atoms in total. The zero-order valence-corrected chi connectivity index (χ0v) is 1.60. The molecule has 0 atom stereocenters. The first kappa shape index (κ1) is 9.80. The number of hydrogen-bond donors (Lipinski definition) is 1. The number of rotatable bonds is 0. The van der Waals surface area contributed by atoms with Crippen molar-refractivity contribution in [1.82, 2.24) is 0 Å². The van der Waals surface area contributed by atoms with Crippen LogP contribution in [0.4, 0.5) is 0 Å². The Kier molecular flexibility index (Phi) is 59.2. The molecule has 1 N–H and O–H groups in total. The smallest absolute Gasteiger partial charge is 0.0298 e. The molecule has 0 aromatic rings. The zero-order chi connectivity index (χ0) is 2.71. The van der Waals surface area contributed by atoms with E-state index in [1.807, 2.05) is 0 Å². The highest BCUT2D eigenvalue weighted by Crippen LogP contribution is 1.20. The normalized spacial score (nSPS) is 3.00. The number of hydrogen-bond acceptors (Lipinski definition) is 2. The van der Waals surface area contributed by atoms with Gasteiger partial charge in [-0.2, -0.15) is 0 Å². The third-order valence-corrected chi connectivity index (χ3v) is 0. The molecule has 0 aromatic carbocycles. The second-order valence-electron chi connectivity index (χ2n) is 0.141. The minimum atomic E-state index is 0. The second-order valence-corrected chi connectivity index (χ2v) is 0.141. The Morgan fingerprint density at radius 1 is 1.75 bits per heavy atom. The maximum atomic E-state index is 7.08. The highest BCUT2D eigenvalue weighted by molar-refractivity contribution is 5.20. The van der Waals surface area contributed by atoms with E-state index in [1.165, 1.54) is 0 Å². The van der Waals surface area contributed by atoms with Gasteiger partial charge >= 0.3 is 0 Å². The fourth-order valence-electron chi connectivity index (χ4n) is 0. The Morgan fingerprint density at radius 2 is 1.75 bits per heavy atom. The summed E-state index contributed by atoms with van der Waals surface area (Å²) in [6.07, 6.45) is 0. The maximum absolute atomic E-state index is 7.08. The molecule has 4 heavy (non-hydrogen) atoms. The topological polar surface area (TPSA) is 32.6 Å². The predicted molar refractivity (Wildman–Crippen MR) is 18.1 cm³/mol. The van der Waals surface area contributed by atoms with Crippen molar-refractivity contribution < 1.29 is 5.21 Å². The van der Waals surface area contributed by atoms with Gasteiger partial charge in [0.05, 0.1) is 0 Å². The molecule has 0 unspecified atom stereocenters. The van der Waals surface area contributed by atoms with Gasteiger partial charge < -0.3 is 5.21 Å². The lowest BCUT2D eigenvalue weighted by Gasteiger charge is -1.43. The van der Waals surface area contributed by atoms with Crippen molar-refractivity contribution in [3.63, 3.8) is 0 Å². The summed E-state index contributed by atoms with van der Waals surface area (Å²) in [6, 6.07) is 0. The molecule has 0 aromatic heterocycles. The van der Waals surface area contributed by atoms with Gasteiger partial charge in [-0.25, -0.2) is 0 Å². The van der Waals surface area contributed by atoms with E-state index in [-0.39, 0.29) is 7.43 Å². The van der Waals surface area contributed by atoms with Crippen molar-refractivity contribution in [3.05, 3.63) is 0 Å². The van der Waals surface area contributed by atoms with Crippen molar-refractivity contribution >= 4 is 6.72 Å². The van der Waals surface area contributed by atoms with Crippen LogP contribution in [0.5, 0.6) is 0 Å². The molecule has 2 heteroatoms. The first-order valence-electron chi connectivity index (χ1n) is 0.516. The van der Waals surface area contributed by atoms with Crippen LogP contribution in [0.15, 0.2) is 5.16 Å². The first-order chi connectivity index (χ1) is 1.41. The molecule has 0 spiro atoms. The van der Waals surface area contributed by atoms with Gasteiger partial charge in [-0.1, -0.05) is 7.43 Å². The largest absolute Gasteiger partial charge is 0.411 e. The van der Waals surface area contributed by atoms with E-state index in [0.717, 1.165) is 0 Å². The van der Waals surface area contributed by atoms with Gasteiger partial charge in [-0.3, -0.25) is 0 Å². The van der Waals surface area contributed by atoms with Crippen LogP contribution in [0.2, 0.25) is 0 Å². The lowest BCUT2D eigenvalue weighted by molar-refractivity contribution is 0.323. The molecule has 0 aliphatic carbocycles. The van der Waals surface area contributed by atoms with Crippen LogP contribution in [0.25, 0.3) is 0 Å². The average molecular weight is 61.1 g/mol. The lowest BCUT2D eigenvalue weighted by Crippen LogP contribution is -1.30. The predicted octanol–water partition coefficient (Wildman–Crippen LogP) is 0.712. The van der Waals surface area contributed by atoms with E-state index < -0.39 is 0 Å². The number of oxime groups is 1. The summed E-state index contributed by atoms with van der Waals surface area (Å²) in [5.41, 5.74) is 0. The summed E-state index contributed by atoms with van der Waals surface area (Å²) in [6.45, 7) is 2.67. The van der Waals surface area contributed by atoms with Gasteiger partial charge in [0, 0.05) is 6.72 Å². The minimum Gasteiger partial charge on any atom is -0.411 e. The highest BCUT2D eigenvalue weighted by Gasteiger charge is 1.06. The third kappa shape index (κ3) is 1.16. The molecule has 0 radical (unpaired) electrons. The summed E-state index contributed by atoms with van der Waals surface area (Å²) in [7, 11) is 0. The van der Waals surface area contributed by atoms with Crippen LogP contribution in [-0.2, 0) is 0 Å². The highest BCUT2D eigenvalue weighted by atomic mass is 16.4. The van der Waals surface area contributed by atoms with E-state index in [2.05, 4.69) is 11.9 Å². The van der Waals surface area contributed by atoms with Crippen LogP contribution >= 0.6 is 0 Å². The van der Waals surface area contributed by atoms with Crippen molar-refractivity contribution in [2.45, 2.75) is 7.43 Å².